The Kier molecular flexibility index (Phi) is 10.8. The van der Waals surface area contributed by atoms with E-state index in [1.165, 1.54) is 0 Å². The monoisotopic (exact) mass is 592 g/mol. The van der Waals surface area contributed by atoms with Crippen LogP contribution in [0.4, 0.5) is 5.69 Å². The minimum Gasteiger partial charge on any atom is -0.494 e. The summed E-state index contributed by atoms with van der Waals surface area (Å²) in [7, 11) is 0. The molecule has 0 atom stereocenters. The molecule has 35 heavy (non-hydrogen) atoms. The van der Waals surface area contributed by atoms with E-state index in [-0.39, 0.29) is 5.91 Å². The van der Waals surface area contributed by atoms with Gasteiger partial charge in [-0.2, -0.15) is 0 Å². The average Bonchev–Trinajstić information content (AvgIpc) is 2.87. The largest absolute Gasteiger partial charge is 0.494 e. The molecule has 0 aliphatic carbocycles. The van der Waals surface area contributed by atoms with Gasteiger partial charge in [0.2, 0.25) is 0 Å². The van der Waals surface area contributed by atoms with Gasteiger partial charge in [0.15, 0.2) is 0 Å². The van der Waals surface area contributed by atoms with Gasteiger partial charge >= 0.3 is 11.8 Å². The third-order valence-corrected chi connectivity index (χ3v) is 6.45. The molecule has 1 fully saturated rings. The van der Waals surface area contributed by atoms with Gasteiger partial charge in [0, 0.05) is 54.1 Å². The first-order chi connectivity index (χ1) is 17.0. The summed E-state index contributed by atoms with van der Waals surface area (Å²) in [5.41, 5.74) is 1.25. The third kappa shape index (κ3) is 8.81. The minimum absolute atomic E-state index is 0.0456. The second-order valence-electron chi connectivity index (χ2n) is 8.43. The highest BCUT2D eigenvalue weighted by Crippen LogP contribution is 2.16. The number of rotatable bonds is 10. The highest BCUT2D eigenvalue weighted by molar-refractivity contribution is 14.1. The van der Waals surface area contributed by atoms with Crippen molar-refractivity contribution in [3.05, 3.63) is 57.7 Å². The first kappa shape index (κ1) is 26.9. The van der Waals surface area contributed by atoms with Gasteiger partial charge in [-0.1, -0.05) is 25.8 Å². The van der Waals surface area contributed by atoms with Gasteiger partial charge in [0.1, 0.15) is 5.75 Å². The molecule has 2 N–H and O–H groups in total. The molecule has 0 aromatic heterocycles. The highest BCUT2D eigenvalue weighted by Gasteiger charge is 2.22. The first-order valence-electron chi connectivity index (χ1n) is 12.1. The lowest BCUT2D eigenvalue weighted by Crippen LogP contribution is -2.50. The molecule has 3 rings (SSSR count). The number of hydrogen-bond donors (Lipinski definition) is 2. The van der Waals surface area contributed by atoms with Crippen LogP contribution in [0.3, 0.4) is 0 Å². The average molecular weight is 592 g/mol. The summed E-state index contributed by atoms with van der Waals surface area (Å²) in [6, 6.07) is 14.6. The Morgan fingerprint density at radius 3 is 2.40 bits per heavy atom. The number of carbonyl (C=O) groups is 3. The fraction of sp³-hybridized carbons (Fsp3) is 0.423. The fourth-order valence-electron chi connectivity index (χ4n) is 3.75. The number of hydrogen-bond acceptors (Lipinski definition) is 5. The molecule has 2 aromatic carbocycles. The van der Waals surface area contributed by atoms with Crippen molar-refractivity contribution in [2.75, 3.05) is 51.2 Å². The summed E-state index contributed by atoms with van der Waals surface area (Å²) in [6.07, 6.45) is 3.28. The van der Waals surface area contributed by atoms with Crippen LogP contribution in [0.2, 0.25) is 0 Å². The SMILES string of the molecule is CCCCCOc1ccc(NC(=O)C(=O)NCCN2CCN(C(=O)c3cccc(I)c3)CC2)cc1. The maximum Gasteiger partial charge on any atom is 0.313 e. The van der Waals surface area contributed by atoms with Gasteiger partial charge in [-0.3, -0.25) is 19.3 Å². The zero-order chi connectivity index (χ0) is 25.0. The number of nitrogens with zero attached hydrogens (tertiary/aromatic N) is 2. The molecular formula is C26H33IN4O4. The van der Waals surface area contributed by atoms with Gasteiger partial charge < -0.3 is 20.3 Å². The van der Waals surface area contributed by atoms with Crippen LogP contribution in [0.15, 0.2) is 48.5 Å². The second kappa shape index (κ2) is 14.0. The predicted molar refractivity (Wildman–Crippen MR) is 145 cm³/mol. The van der Waals surface area contributed by atoms with Gasteiger partial charge in [-0.05, 0) is 71.5 Å². The lowest BCUT2D eigenvalue weighted by atomic mass is 10.2. The van der Waals surface area contributed by atoms with Crippen LogP contribution in [-0.2, 0) is 9.59 Å². The van der Waals surface area contributed by atoms with Crippen molar-refractivity contribution in [2.24, 2.45) is 0 Å². The standard InChI is InChI=1S/C26H33IN4O4/c1-2-3-4-18-35-23-10-8-22(9-11-23)29-25(33)24(32)28-12-13-30-14-16-31(17-15-30)26(34)20-6-5-7-21(27)19-20/h5-11,19H,2-4,12-18H2,1H3,(H,28,32)(H,29,33). The number of amides is 3. The number of ether oxygens (including phenoxy) is 1. The Bertz CT molecular complexity index is 991. The summed E-state index contributed by atoms with van der Waals surface area (Å²) in [5, 5.41) is 5.28. The van der Waals surface area contributed by atoms with E-state index < -0.39 is 11.8 Å². The van der Waals surface area contributed by atoms with Crippen LogP contribution >= 0.6 is 22.6 Å². The van der Waals surface area contributed by atoms with Crippen LogP contribution in [0.1, 0.15) is 36.5 Å². The maximum atomic E-state index is 12.7. The molecule has 1 heterocycles. The highest BCUT2D eigenvalue weighted by atomic mass is 127. The molecule has 8 nitrogen and oxygen atoms in total. The summed E-state index contributed by atoms with van der Waals surface area (Å²) >= 11 is 2.20. The number of anilines is 1. The molecule has 1 aliphatic rings. The predicted octanol–water partition coefficient (Wildman–Crippen LogP) is 3.37. The van der Waals surface area contributed by atoms with Crippen LogP contribution < -0.4 is 15.4 Å². The minimum atomic E-state index is -0.700. The molecule has 1 saturated heterocycles. The zero-order valence-electron chi connectivity index (χ0n) is 20.1. The Labute approximate surface area is 220 Å². The molecular weight excluding hydrogens is 559 g/mol. The van der Waals surface area contributed by atoms with Crippen molar-refractivity contribution < 1.29 is 19.1 Å². The van der Waals surface area contributed by atoms with Crippen molar-refractivity contribution >= 4 is 46.0 Å². The van der Waals surface area contributed by atoms with Crippen molar-refractivity contribution in [3.8, 4) is 5.75 Å². The lowest BCUT2D eigenvalue weighted by Gasteiger charge is -2.34. The lowest BCUT2D eigenvalue weighted by molar-refractivity contribution is -0.136. The van der Waals surface area contributed by atoms with Crippen molar-refractivity contribution in [1.29, 1.82) is 0 Å². The summed E-state index contributed by atoms with van der Waals surface area (Å²) < 4.78 is 6.69. The van der Waals surface area contributed by atoms with E-state index in [0.717, 1.165) is 41.7 Å². The molecule has 188 valence electrons. The second-order valence-corrected chi connectivity index (χ2v) is 9.68. The van der Waals surface area contributed by atoms with Crippen molar-refractivity contribution in [1.82, 2.24) is 15.1 Å². The Hall–Kier alpha value is -2.66. The number of piperazine rings is 1. The van der Waals surface area contributed by atoms with E-state index in [9.17, 15) is 14.4 Å². The normalized spacial score (nSPS) is 13.8. The molecule has 0 radical (unpaired) electrons. The molecule has 2 aromatic rings. The number of unbranched alkanes of at least 4 members (excludes halogenated alkanes) is 2. The van der Waals surface area contributed by atoms with E-state index in [2.05, 4.69) is 45.0 Å². The van der Waals surface area contributed by atoms with Gasteiger partial charge in [-0.25, -0.2) is 0 Å². The van der Waals surface area contributed by atoms with E-state index in [0.29, 0.717) is 44.0 Å². The quantitative estimate of drug-likeness (QED) is 0.251. The van der Waals surface area contributed by atoms with E-state index in [1.807, 2.05) is 29.2 Å². The van der Waals surface area contributed by atoms with Crippen molar-refractivity contribution in [2.45, 2.75) is 26.2 Å². The van der Waals surface area contributed by atoms with Crippen molar-refractivity contribution in [3.63, 3.8) is 0 Å². The summed E-state index contributed by atoms with van der Waals surface area (Å²) in [5.74, 6) is -0.583. The first-order valence-corrected chi connectivity index (χ1v) is 13.1. The van der Waals surface area contributed by atoms with Gasteiger partial charge in [-0.15, -0.1) is 0 Å². The Balaban J connectivity index is 1.33. The third-order valence-electron chi connectivity index (χ3n) is 5.78. The Morgan fingerprint density at radius 2 is 1.71 bits per heavy atom. The topological polar surface area (TPSA) is 91.0 Å². The zero-order valence-corrected chi connectivity index (χ0v) is 22.3. The molecule has 0 bridgehead atoms. The maximum absolute atomic E-state index is 12.7. The number of benzene rings is 2. The van der Waals surface area contributed by atoms with E-state index in [1.54, 1.807) is 24.3 Å². The summed E-state index contributed by atoms with van der Waals surface area (Å²) in [6.45, 7) is 6.52. The molecule has 0 spiro atoms. The molecule has 3 amide bonds. The smallest absolute Gasteiger partial charge is 0.313 e. The fourth-order valence-corrected chi connectivity index (χ4v) is 4.29. The van der Waals surface area contributed by atoms with Crippen LogP contribution in [0.5, 0.6) is 5.75 Å². The molecule has 1 aliphatic heterocycles. The Morgan fingerprint density at radius 1 is 0.971 bits per heavy atom. The molecule has 0 saturated carbocycles. The van der Waals surface area contributed by atoms with Crippen LogP contribution in [-0.4, -0.2) is 73.4 Å². The van der Waals surface area contributed by atoms with Crippen LogP contribution in [0, 0.1) is 3.57 Å². The number of carbonyl (C=O) groups excluding carboxylic acids is 3. The number of halogens is 1. The summed E-state index contributed by atoms with van der Waals surface area (Å²) in [4.78, 5) is 41.1. The van der Waals surface area contributed by atoms with E-state index >= 15 is 0 Å². The number of nitrogens with one attached hydrogen (secondary N) is 2. The van der Waals surface area contributed by atoms with Gasteiger partial charge in [0.05, 0.1) is 6.61 Å². The molecule has 0 unspecified atom stereocenters. The molecule has 9 heteroatoms. The van der Waals surface area contributed by atoms with E-state index in [4.69, 9.17) is 4.74 Å². The van der Waals surface area contributed by atoms with Crippen LogP contribution in [0.25, 0.3) is 0 Å². The van der Waals surface area contributed by atoms with Gasteiger partial charge in [0.25, 0.3) is 5.91 Å².